The van der Waals surface area contributed by atoms with Gasteiger partial charge < -0.3 is 20.9 Å². The standard InChI is InChI=1S/C28H37F2N5O/c1-19-3-9-24(10-4-19)33-28(35-16-15-31-20(2)18-35)34-25-11-6-22(7-12-25)27(36)32-14-13-21-5-8-23(29)17-26(21)30/h5-8,11-12,17,19-20,24,31H,3-4,9-10,13-16,18H2,1-2H3,(H,32,36)(H,33,34)/t19?,20-,24?/m0/s1. The summed E-state index contributed by atoms with van der Waals surface area (Å²) in [7, 11) is 0. The Morgan fingerprint density at radius 3 is 2.53 bits per heavy atom. The van der Waals surface area contributed by atoms with E-state index < -0.39 is 11.6 Å². The van der Waals surface area contributed by atoms with Crippen LogP contribution in [0.15, 0.2) is 47.5 Å². The van der Waals surface area contributed by atoms with Crippen molar-refractivity contribution in [2.45, 2.75) is 58.0 Å². The molecule has 1 heterocycles. The van der Waals surface area contributed by atoms with E-state index in [9.17, 15) is 13.6 Å². The van der Waals surface area contributed by atoms with Crippen molar-refractivity contribution >= 4 is 17.6 Å². The van der Waals surface area contributed by atoms with E-state index in [0.717, 1.165) is 56.1 Å². The van der Waals surface area contributed by atoms with Crippen molar-refractivity contribution in [2.24, 2.45) is 10.9 Å². The lowest BCUT2D eigenvalue weighted by molar-refractivity contribution is 0.0954. The van der Waals surface area contributed by atoms with Crippen LogP contribution >= 0.6 is 0 Å². The molecule has 2 aromatic carbocycles. The van der Waals surface area contributed by atoms with Crippen molar-refractivity contribution in [1.82, 2.24) is 15.5 Å². The van der Waals surface area contributed by atoms with Gasteiger partial charge in [-0.3, -0.25) is 4.79 Å². The minimum absolute atomic E-state index is 0.231. The van der Waals surface area contributed by atoms with Crippen LogP contribution in [0.25, 0.3) is 0 Å². The van der Waals surface area contributed by atoms with Crippen LogP contribution in [-0.2, 0) is 6.42 Å². The van der Waals surface area contributed by atoms with Crippen molar-refractivity contribution in [2.75, 3.05) is 31.5 Å². The number of piperazine rings is 1. The number of anilines is 1. The van der Waals surface area contributed by atoms with E-state index >= 15 is 0 Å². The number of rotatable bonds is 6. The molecule has 8 heteroatoms. The number of hydrogen-bond donors (Lipinski definition) is 3. The van der Waals surface area contributed by atoms with Crippen LogP contribution in [0.2, 0.25) is 0 Å². The molecule has 2 fully saturated rings. The highest BCUT2D eigenvalue weighted by atomic mass is 19.1. The van der Waals surface area contributed by atoms with Gasteiger partial charge in [0, 0.05) is 49.5 Å². The Morgan fingerprint density at radius 2 is 1.83 bits per heavy atom. The third-order valence-electron chi connectivity index (χ3n) is 7.06. The highest BCUT2D eigenvalue weighted by Gasteiger charge is 2.23. The second-order valence-electron chi connectivity index (χ2n) is 10.1. The molecule has 1 aliphatic heterocycles. The second-order valence-corrected chi connectivity index (χ2v) is 10.1. The van der Waals surface area contributed by atoms with Crippen LogP contribution in [0.3, 0.4) is 0 Å². The zero-order valence-corrected chi connectivity index (χ0v) is 21.2. The van der Waals surface area contributed by atoms with Gasteiger partial charge in [0.1, 0.15) is 11.6 Å². The average molecular weight is 498 g/mol. The number of guanidine groups is 1. The maximum Gasteiger partial charge on any atom is 0.251 e. The van der Waals surface area contributed by atoms with Crippen LogP contribution < -0.4 is 16.0 Å². The minimum atomic E-state index is -0.609. The first-order valence-electron chi connectivity index (χ1n) is 13.0. The van der Waals surface area contributed by atoms with Gasteiger partial charge in [0.15, 0.2) is 5.96 Å². The summed E-state index contributed by atoms with van der Waals surface area (Å²) in [4.78, 5) is 20.0. The van der Waals surface area contributed by atoms with Crippen molar-refractivity contribution in [1.29, 1.82) is 0 Å². The van der Waals surface area contributed by atoms with E-state index in [4.69, 9.17) is 4.99 Å². The van der Waals surface area contributed by atoms with Crippen molar-refractivity contribution in [3.05, 3.63) is 65.2 Å². The number of carbonyl (C=O) groups is 1. The SMILES string of the molecule is CC1CCC(/N=C(\Nc2ccc(C(=O)NCCc3ccc(F)cc3F)cc2)N2CCN[C@@H](C)C2)CC1. The molecule has 0 bridgehead atoms. The summed E-state index contributed by atoms with van der Waals surface area (Å²) in [6.07, 6.45) is 4.97. The summed E-state index contributed by atoms with van der Waals surface area (Å²) >= 11 is 0. The molecule has 2 aliphatic rings. The quantitative estimate of drug-likeness (QED) is 0.404. The van der Waals surface area contributed by atoms with E-state index in [0.29, 0.717) is 29.6 Å². The lowest BCUT2D eigenvalue weighted by Gasteiger charge is -2.35. The molecule has 6 nitrogen and oxygen atoms in total. The Bertz CT molecular complexity index is 1050. The third-order valence-corrected chi connectivity index (χ3v) is 7.06. The molecule has 1 saturated carbocycles. The molecule has 1 amide bonds. The number of hydrogen-bond acceptors (Lipinski definition) is 3. The first kappa shape index (κ1) is 26.1. The molecule has 1 saturated heterocycles. The molecular formula is C28H37F2N5O. The van der Waals surface area contributed by atoms with Crippen molar-refractivity contribution in [3.63, 3.8) is 0 Å². The molecule has 1 aliphatic carbocycles. The molecule has 4 rings (SSSR count). The van der Waals surface area contributed by atoms with Crippen molar-refractivity contribution in [3.8, 4) is 0 Å². The van der Waals surface area contributed by atoms with E-state index in [2.05, 4.69) is 34.7 Å². The average Bonchev–Trinajstić information content (AvgIpc) is 2.86. The first-order chi connectivity index (χ1) is 17.4. The van der Waals surface area contributed by atoms with E-state index in [-0.39, 0.29) is 12.5 Å². The van der Waals surface area contributed by atoms with Gasteiger partial charge in [-0.2, -0.15) is 0 Å². The highest BCUT2D eigenvalue weighted by Crippen LogP contribution is 2.26. The molecule has 3 N–H and O–H groups in total. The van der Waals surface area contributed by atoms with Crippen LogP contribution in [0.1, 0.15) is 55.5 Å². The summed E-state index contributed by atoms with van der Waals surface area (Å²) in [5, 5.41) is 9.80. The maximum atomic E-state index is 13.8. The zero-order chi connectivity index (χ0) is 25.5. The van der Waals surface area contributed by atoms with Crippen LogP contribution in [-0.4, -0.2) is 55.0 Å². The van der Waals surface area contributed by atoms with Gasteiger partial charge in [-0.25, -0.2) is 13.8 Å². The molecule has 36 heavy (non-hydrogen) atoms. The summed E-state index contributed by atoms with van der Waals surface area (Å²) in [6, 6.07) is 11.5. The van der Waals surface area contributed by atoms with Crippen LogP contribution in [0.4, 0.5) is 14.5 Å². The first-order valence-corrected chi connectivity index (χ1v) is 13.0. The van der Waals surface area contributed by atoms with E-state index in [1.54, 1.807) is 12.1 Å². The monoisotopic (exact) mass is 497 g/mol. The predicted octanol–water partition coefficient (Wildman–Crippen LogP) is 4.58. The number of carbonyl (C=O) groups excluding carboxylic acids is 1. The van der Waals surface area contributed by atoms with Crippen LogP contribution in [0.5, 0.6) is 0 Å². The lowest BCUT2D eigenvalue weighted by atomic mass is 9.88. The Balaban J connectivity index is 1.36. The second kappa shape index (κ2) is 12.3. The highest BCUT2D eigenvalue weighted by molar-refractivity contribution is 5.96. The predicted molar refractivity (Wildman–Crippen MR) is 140 cm³/mol. The van der Waals surface area contributed by atoms with Gasteiger partial charge in [0.2, 0.25) is 0 Å². The van der Waals surface area contributed by atoms with Gasteiger partial charge in [0.25, 0.3) is 5.91 Å². The summed E-state index contributed by atoms with van der Waals surface area (Å²) in [5.74, 6) is 0.243. The number of aliphatic imine (C=N–C) groups is 1. The molecule has 2 aromatic rings. The topological polar surface area (TPSA) is 68.8 Å². The lowest BCUT2D eigenvalue weighted by Crippen LogP contribution is -2.53. The fraction of sp³-hybridized carbons (Fsp3) is 0.500. The molecule has 1 atom stereocenters. The fourth-order valence-electron chi connectivity index (χ4n) is 4.83. The van der Waals surface area contributed by atoms with Crippen molar-refractivity contribution < 1.29 is 13.6 Å². The number of amides is 1. The number of halogens is 2. The van der Waals surface area contributed by atoms with E-state index in [1.165, 1.54) is 25.0 Å². The molecule has 0 radical (unpaired) electrons. The number of benzene rings is 2. The molecule has 0 spiro atoms. The fourth-order valence-corrected chi connectivity index (χ4v) is 4.83. The van der Waals surface area contributed by atoms with Gasteiger partial charge in [-0.1, -0.05) is 13.0 Å². The zero-order valence-electron chi connectivity index (χ0n) is 21.2. The summed E-state index contributed by atoms with van der Waals surface area (Å²) < 4.78 is 26.8. The van der Waals surface area contributed by atoms with Gasteiger partial charge >= 0.3 is 0 Å². The number of nitrogens with one attached hydrogen (secondary N) is 3. The Hall–Kier alpha value is -3.00. The Morgan fingerprint density at radius 1 is 1.08 bits per heavy atom. The van der Waals surface area contributed by atoms with E-state index in [1.807, 2.05) is 12.1 Å². The Labute approximate surface area is 212 Å². The smallest absolute Gasteiger partial charge is 0.251 e. The summed E-state index contributed by atoms with van der Waals surface area (Å²) in [6.45, 7) is 7.47. The van der Waals surface area contributed by atoms with Gasteiger partial charge in [-0.15, -0.1) is 0 Å². The Kier molecular flexibility index (Phi) is 8.91. The molecule has 0 unspecified atom stereocenters. The largest absolute Gasteiger partial charge is 0.352 e. The maximum absolute atomic E-state index is 13.8. The molecule has 0 aromatic heterocycles. The molecular weight excluding hydrogens is 460 g/mol. The summed E-state index contributed by atoms with van der Waals surface area (Å²) in [5.41, 5.74) is 1.78. The minimum Gasteiger partial charge on any atom is -0.352 e. The van der Waals surface area contributed by atoms with Gasteiger partial charge in [0.05, 0.1) is 6.04 Å². The number of nitrogens with zero attached hydrogens (tertiary/aromatic N) is 2. The third kappa shape index (κ3) is 7.26. The van der Waals surface area contributed by atoms with Gasteiger partial charge in [-0.05, 0) is 80.8 Å². The normalized spacial score (nSPS) is 22.8. The molecule has 194 valence electrons. The van der Waals surface area contributed by atoms with Crippen LogP contribution in [0, 0.1) is 17.6 Å².